The smallest absolute Gasteiger partial charge is 0.264 e. The Labute approximate surface area is 249 Å². The van der Waals surface area contributed by atoms with Crippen LogP contribution < -0.4 is 19.1 Å². The average Bonchev–Trinajstić information content (AvgIpc) is 2.97. The Morgan fingerprint density at radius 3 is 2.32 bits per heavy atom. The monoisotopic (exact) mass is 643 g/mol. The molecule has 3 aromatic carbocycles. The van der Waals surface area contributed by atoms with Gasteiger partial charge in [-0.05, 0) is 54.8 Å². The zero-order valence-corrected chi connectivity index (χ0v) is 25.7. The molecule has 0 unspecified atom stereocenters. The Balaban J connectivity index is 1.72. The van der Waals surface area contributed by atoms with Crippen molar-refractivity contribution in [1.82, 2.24) is 10.2 Å². The Kier molecular flexibility index (Phi) is 9.93. The first kappa shape index (κ1) is 30.4. The van der Waals surface area contributed by atoms with Crippen molar-refractivity contribution >= 4 is 43.5 Å². The maximum atomic E-state index is 14.0. The summed E-state index contributed by atoms with van der Waals surface area (Å²) in [6.45, 7) is 6.34. The fraction of sp³-hybridized carbons (Fsp3) is 0.333. The third kappa shape index (κ3) is 7.59. The Bertz CT molecular complexity index is 1480. The summed E-state index contributed by atoms with van der Waals surface area (Å²) in [4.78, 5) is 28.6. The average molecular weight is 645 g/mol. The number of carbonyl (C=O) groups excluding carboxylic acids is 2. The molecule has 4 rings (SSSR count). The van der Waals surface area contributed by atoms with Crippen LogP contribution in [0, 0.1) is 5.92 Å². The highest BCUT2D eigenvalue weighted by molar-refractivity contribution is 9.10. The third-order valence-electron chi connectivity index (χ3n) is 6.52. The normalized spacial score (nSPS) is 13.4. The van der Waals surface area contributed by atoms with Gasteiger partial charge in [-0.25, -0.2) is 8.42 Å². The number of fused-ring (bicyclic) bond motifs is 1. The number of hydrogen-bond acceptors (Lipinski definition) is 6. The van der Waals surface area contributed by atoms with Crippen LogP contribution in [0.5, 0.6) is 11.5 Å². The lowest BCUT2D eigenvalue weighted by Crippen LogP contribution is -2.51. The molecular weight excluding hydrogens is 610 g/mol. The highest BCUT2D eigenvalue weighted by Crippen LogP contribution is 2.36. The van der Waals surface area contributed by atoms with Crippen molar-refractivity contribution in [2.24, 2.45) is 5.92 Å². The fourth-order valence-electron chi connectivity index (χ4n) is 4.30. The predicted octanol–water partition coefficient (Wildman–Crippen LogP) is 4.61. The van der Waals surface area contributed by atoms with Crippen molar-refractivity contribution in [3.63, 3.8) is 0 Å². The van der Waals surface area contributed by atoms with Crippen LogP contribution in [0.25, 0.3) is 0 Å². The van der Waals surface area contributed by atoms with E-state index in [1.165, 1.54) is 17.0 Å². The van der Waals surface area contributed by atoms with E-state index in [0.29, 0.717) is 31.3 Å². The molecule has 1 heterocycles. The topological polar surface area (TPSA) is 105 Å². The molecule has 0 saturated carbocycles. The molecule has 0 radical (unpaired) electrons. The second-order valence-electron chi connectivity index (χ2n) is 10.1. The first-order valence-electron chi connectivity index (χ1n) is 13.4. The van der Waals surface area contributed by atoms with Crippen LogP contribution in [0.4, 0.5) is 5.69 Å². The molecule has 0 aromatic heterocycles. The van der Waals surface area contributed by atoms with E-state index < -0.39 is 28.5 Å². The number of hydrogen-bond donors (Lipinski definition) is 1. The van der Waals surface area contributed by atoms with Gasteiger partial charge in [0.25, 0.3) is 10.0 Å². The van der Waals surface area contributed by atoms with Gasteiger partial charge >= 0.3 is 0 Å². The van der Waals surface area contributed by atoms with Crippen molar-refractivity contribution in [2.75, 3.05) is 30.6 Å². The molecular formula is C30H34BrN3O6S. The lowest BCUT2D eigenvalue weighted by molar-refractivity contribution is -0.139. The van der Waals surface area contributed by atoms with Gasteiger partial charge in [0.2, 0.25) is 11.8 Å². The number of benzene rings is 3. The number of rotatable bonds is 11. The zero-order chi connectivity index (χ0) is 29.6. The van der Waals surface area contributed by atoms with Gasteiger partial charge in [-0.15, -0.1) is 0 Å². The quantitative estimate of drug-likeness (QED) is 0.327. The number of ether oxygens (including phenoxy) is 2. The van der Waals surface area contributed by atoms with E-state index >= 15 is 0 Å². The van der Waals surface area contributed by atoms with Gasteiger partial charge in [-0.3, -0.25) is 13.9 Å². The first-order chi connectivity index (χ1) is 19.6. The molecule has 218 valence electrons. The molecule has 9 nitrogen and oxygen atoms in total. The number of halogens is 1. The maximum Gasteiger partial charge on any atom is 0.264 e. The lowest BCUT2D eigenvalue weighted by Gasteiger charge is -2.32. The summed E-state index contributed by atoms with van der Waals surface area (Å²) in [6.07, 6.45) is 0. The zero-order valence-electron chi connectivity index (χ0n) is 23.2. The Morgan fingerprint density at radius 2 is 1.63 bits per heavy atom. The molecule has 0 saturated heterocycles. The van der Waals surface area contributed by atoms with E-state index in [0.717, 1.165) is 14.3 Å². The van der Waals surface area contributed by atoms with E-state index in [9.17, 15) is 18.0 Å². The molecule has 2 amide bonds. The number of nitrogens with one attached hydrogen (secondary N) is 1. The molecule has 1 atom stereocenters. The lowest BCUT2D eigenvalue weighted by atomic mass is 10.1. The van der Waals surface area contributed by atoms with Crippen molar-refractivity contribution < 1.29 is 27.5 Å². The van der Waals surface area contributed by atoms with Gasteiger partial charge in [0, 0.05) is 23.6 Å². The van der Waals surface area contributed by atoms with Gasteiger partial charge in [-0.2, -0.15) is 0 Å². The molecule has 0 bridgehead atoms. The number of sulfonamides is 1. The van der Waals surface area contributed by atoms with Gasteiger partial charge in [0.15, 0.2) is 11.5 Å². The molecule has 11 heteroatoms. The fourth-order valence-corrected chi connectivity index (χ4v) is 6.18. The minimum Gasteiger partial charge on any atom is -0.486 e. The van der Waals surface area contributed by atoms with Crippen LogP contribution in [-0.4, -0.2) is 57.5 Å². The van der Waals surface area contributed by atoms with E-state index in [4.69, 9.17) is 9.47 Å². The van der Waals surface area contributed by atoms with Gasteiger partial charge < -0.3 is 19.7 Å². The summed E-state index contributed by atoms with van der Waals surface area (Å²) >= 11 is 3.46. The molecule has 0 fully saturated rings. The van der Waals surface area contributed by atoms with Crippen molar-refractivity contribution in [3.05, 3.63) is 82.8 Å². The molecule has 1 aliphatic heterocycles. The molecule has 3 aromatic rings. The Hall–Kier alpha value is -3.57. The molecule has 0 aliphatic carbocycles. The van der Waals surface area contributed by atoms with E-state index in [1.807, 2.05) is 38.1 Å². The summed E-state index contributed by atoms with van der Waals surface area (Å²) in [5.74, 6) is 0.254. The standard InChI is InChI=1S/C30H34BrN3O6S/c1-21(2)18-32-30(36)22(3)33(19-23-8-7-9-24(31)16-23)29(35)20-34(41(37,38)26-10-5-4-6-11-26)25-12-13-27-28(17-25)40-15-14-39-27/h4-13,16-17,21-22H,14-15,18-20H2,1-3H3,(H,32,36)/t22-/m1/s1. The number of amides is 2. The highest BCUT2D eigenvalue weighted by Gasteiger charge is 2.33. The molecule has 41 heavy (non-hydrogen) atoms. The second-order valence-corrected chi connectivity index (χ2v) is 12.9. The maximum absolute atomic E-state index is 14.0. The highest BCUT2D eigenvalue weighted by atomic mass is 79.9. The van der Waals surface area contributed by atoms with Gasteiger partial charge in [0.1, 0.15) is 25.8 Å². The van der Waals surface area contributed by atoms with E-state index in [1.54, 1.807) is 43.3 Å². The van der Waals surface area contributed by atoms with E-state index in [-0.39, 0.29) is 29.0 Å². The predicted molar refractivity (Wildman–Crippen MR) is 160 cm³/mol. The second kappa shape index (κ2) is 13.4. The van der Waals surface area contributed by atoms with Crippen molar-refractivity contribution in [3.8, 4) is 11.5 Å². The summed E-state index contributed by atoms with van der Waals surface area (Å²) in [5, 5.41) is 2.89. The third-order valence-corrected chi connectivity index (χ3v) is 8.80. The number of anilines is 1. The molecule has 1 N–H and O–H groups in total. The van der Waals surface area contributed by atoms with E-state index in [2.05, 4.69) is 21.2 Å². The summed E-state index contributed by atoms with van der Waals surface area (Å²) in [7, 11) is -4.17. The van der Waals surface area contributed by atoms with Crippen LogP contribution >= 0.6 is 15.9 Å². The number of nitrogens with zero attached hydrogens (tertiary/aromatic N) is 2. The van der Waals surface area contributed by atoms with Gasteiger partial charge in [0.05, 0.1) is 10.6 Å². The van der Waals surface area contributed by atoms with Crippen LogP contribution in [-0.2, 0) is 26.2 Å². The van der Waals surface area contributed by atoms with Crippen molar-refractivity contribution in [2.45, 2.75) is 38.3 Å². The summed E-state index contributed by atoms with van der Waals surface area (Å²) in [5.41, 5.74) is 1.03. The minimum absolute atomic E-state index is 0.0314. The van der Waals surface area contributed by atoms with Crippen LogP contribution in [0.15, 0.2) is 82.2 Å². The first-order valence-corrected chi connectivity index (χ1v) is 15.6. The summed E-state index contributed by atoms with van der Waals surface area (Å²) in [6, 6.07) is 19.2. The van der Waals surface area contributed by atoms with Crippen molar-refractivity contribution in [1.29, 1.82) is 0 Å². The van der Waals surface area contributed by atoms with Crippen LogP contribution in [0.1, 0.15) is 26.3 Å². The van der Waals surface area contributed by atoms with Crippen LogP contribution in [0.2, 0.25) is 0 Å². The minimum atomic E-state index is -4.17. The van der Waals surface area contributed by atoms with Crippen LogP contribution in [0.3, 0.4) is 0 Å². The molecule has 0 spiro atoms. The SMILES string of the molecule is CC(C)CNC(=O)[C@@H](C)N(Cc1cccc(Br)c1)C(=O)CN(c1ccc2c(c1)OCCO2)S(=O)(=O)c1ccccc1. The van der Waals surface area contributed by atoms with Gasteiger partial charge in [-0.1, -0.05) is 60.1 Å². The molecule has 1 aliphatic rings. The largest absolute Gasteiger partial charge is 0.486 e. The Morgan fingerprint density at radius 1 is 0.927 bits per heavy atom. The number of carbonyl (C=O) groups is 2. The summed E-state index contributed by atoms with van der Waals surface area (Å²) < 4.78 is 41.1.